The Morgan fingerprint density at radius 1 is 1.13 bits per heavy atom. The Morgan fingerprint density at radius 3 is 2.20 bits per heavy atom. The summed E-state index contributed by atoms with van der Waals surface area (Å²) in [6, 6.07) is 4.81. The van der Waals surface area contributed by atoms with Gasteiger partial charge < -0.3 is 15.2 Å². The lowest BCUT2D eigenvalue weighted by Crippen LogP contribution is -2.29. The molecule has 84 valence electrons. The summed E-state index contributed by atoms with van der Waals surface area (Å²) in [6.45, 7) is 0. The van der Waals surface area contributed by atoms with E-state index in [1.807, 2.05) is 0 Å². The second-order valence-corrected chi connectivity index (χ2v) is 3.85. The molecule has 2 N–H and O–H groups in total. The van der Waals surface area contributed by atoms with Crippen molar-refractivity contribution in [2.24, 2.45) is 5.73 Å². The largest absolute Gasteiger partial charge is 0.354 e. The van der Waals surface area contributed by atoms with Crippen molar-refractivity contribution in [2.45, 2.75) is 12.3 Å². The number of rotatable bonds is 4. The fourth-order valence-corrected chi connectivity index (χ4v) is 1.57. The van der Waals surface area contributed by atoms with Crippen LogP contribution in [0, 0.1) is 0 Å². The third-order valence-electron chi connectivity index (χ3n) is 2.09. The van der Waals surface area contributed by atoms with Crippen molar-refractivity contribution in [3.05, 3.63) is 33.8 Å². The van der Waals surface area contributed by atoms with Crippen LogP contribution in [0.25, 0.3) is 0 Å². The number of ether oxygens (including phenoxy) is 2. The van der Waals surface area contributed by atoms with E-state index in [0.717, 1.165) is 5.56 Å². The van der Waals surface area contributed by atoms with Gasteiger partial charge in [-0.15, -0.1) is 0 Å². The summed E-state index contributed by atoms with van der Waals surface area (Å²) in [5, 5.41) is 0.967. The number of hydrogen-bond donors (Lipinski definition) is 1. The summed E-state index contributed by atoms with van der Waals surface area (Å²) in [5.74, 6) is 0. The number of halogens is 2. The van der Waals surface area contributed by atoms with Crippen LogP contribution < -0.4 is 5.73 Å². The van der Waals surface area contributed by atoms with Crippen LogP contribution in [0.2, 0.25) is 10.0 Å². The zero-order chi connectivity index (χ0) is 11.4. The molecule has 0 bridgehead atoms. The first-order valence-corrected chi connectivity index (χ1v) is 5.12. The molecule has 0 fully saturated rings. The van der Waals surface area contributed by atoms with E-state index >= 15 is 0 Å². The molecule has 15 heavy (non-hydrogen) atoms. The number of methoxy groups -OCH3 is 2. The maximum absolute atomic E-state index is 5.93. The van der Waals surface area contributed by atoms with Gasteiger partial charge in [0.2, 0.25) is 0 Å². The molecular formula is C10H13Cl2NO2. The molecule has 0 heterocycles. The molecule has 3 nitrogen and oxygen atoms in total. The Labute approximate surface area is 99.1 Å². The van der Waals surface area contributed by atoms with Crippen molar-refractivity contribution in [1.29, 1.82) is 0 Å². The molecule has 0 saturated carbocycles. The summed E-state index contributed by atoms with van der Waals surface area (Å²) in [4.78, 5) is 0. The maximum atomic E-state index is 5.93. The molecule has 0 radical (unpaired) electrons. The molecule has 1 aromatic carbocycles. The summed E-state index contributed by atoms with van der Waals surface area (Å²) >= 11 is 11.7. The van der Waals surface area contributed by atoms with Gasteiger partial charge in [0.15, 0.2) is 6.29 Å². The first-order chi connectivity index (χ1) is 7.10. The highest BCUT2D eigenvalue weighted by Gasteiger charge is 2.18. The molecule has 0 spiro atoms. The van der Waals surface area contributed by atoms with Crippen molar-refractivity contribution in [1.82, 2.24) is 0 Å². The van der Waals surface area contributed by atoms with Crippen molar-refractivity contribution >= 4 is 23.2 Å². The smallest absolute Gasteiger partial charge is 0.175 e. The van der Waals surface area contributed by atoms with Gasteiger partial charge in [-0.25, -0.2) is 0 Å². The average Bonchev–Trinajstić information content (AvgIpc) is 2.23. The second kappa shape index (κ2) is 5.68. The van der Waals surface area contributed by atoms with Crippen LogP contribution in [0.5, 0.6) is 0 Å². The summed E-state index contributed by atoms with van der Waals surface area (Å²) in [7, 11) is 3.07. The molecule has 0 aliphatic rings. The molecule has 0 saturated heterocycles. The highest BCUT2D eigenvalue weighted by molar-refractivity contribution is 6.42. The molecule has 1 aromatic rings. The van der Waals surface area contributed by atoms with Gasteiger partial charge in [0, 0.05) is 14.2 Å². The molecule has 0 aromatic heterocycles. The van der Waals surface area contributed by atoms with Crippen LogP contribution in [0.15, 0.2) is 18.2 Å². The lowest BCUT2D eigenvalue weighted by Gasteiger charge is -2.21. The lowest BCUT2D eigenvalue weighted by atomic mass is 10.1. The first-order valence-electron chi connectivity index (χ1n) is 4.36. The maximum Gasteiger partial charge on any atom is 0.175 e. The van der Waals surface area contributed by atoms with E-state index in [1.165, 1.54) is 14.2 Å². The molecule has 1 unspecified atom stereocenters. The van der Waals surface area contributed by atoms with Gasteiger partial charge in [0.1, 0.15) is 0 Å². The molecule has 1 atom stereocenters. The first kappa shape index (κ1) is 12.7. The quantitative estimate of drug-likeness (QED) is 0.835. The van der Waals surface area contributed by atoms with Crippen LogP contribution in [0.3, 0.4) is 0 Å². The molecule has 0 aliphatic heterocycles. The third-order valence-corrected chi connectivity index (χ3v) is 2.83. The summed E-state index contributed by atoms with van der Waals surface area (Å²) < 4.78 is 10.1. The fraction of sp³-hybridized carbons (Fsp3) is 0.400. The van der Waals surface area contributed by atoms with E-state index in [2.05, 4.69) is 0 Å². The van der Waals surface area contributed by atoms with Crippen molar-refractivity contribution in [3.63, 3.8) is 0 Å². The van der Waals surface area contributed by atoms with Crippen molar-refractivity contribution in [3.8, 4) is 0 Å². The predicted octanol–water partition coefficient (Wildman–Crippen LogP) is 2.61. The Morgan fingerprint density at radius 2 is 1.73 bits per heavy atom. The molecule has 5 heteroatoms. The fourth-order valence-electron chi connectivity index (χ4n) is 1.27. The van der Waals surface area contributed by atoms with Crippen LogP contribution >= 0.6 is 23.2 Å². The van der Waals surface area contributed by atoms with Crippen LogP contribution in [-0.2, 0) is 9.47 Å². The zero-order valence-corrected chi connectivity index (χ0v) is 10.0. The van der Waals surface area contributed by atoms with E-state index in [-0.39, 0.29) is 0 Å². The van der Waals surface area contributed by atoms with Crippen LogP contribution in [-0.4, -0.2) is 20.5 Å². The van der Waals surface area contributed by atoms with Gasteiger partial charge in [-0.05, 0) is 17.7 Å². The van der Waals surface area contributed by atoms with Gasteiger partial charge in [-0.1, -0.05) is 29.3 Å². The Bertz CT molecular complexity index is 329. The molecule has 0 amide bonds. The van der Waals surface area contributed by atoms with Gasteiger partial charge in [0.05, 0.1) is 16.1 Å². The second-order valence-electron chi connectivity index (χ2n) is 3.04. The van der Waals surface area contributed by atoms with E-state index in [4.69, 9.17) is 38.4 Å². The highest BCUT2D eigenvalue weighted by atomic mass is 35.5. The number of nitrogens with two attached hydrogens (primary N) is 1. The summed E-state index contributed by atoms with van der Waals surface area (Å²) in [6.07, 6.45) is -0.498. The Hall–Kier alpha value is -0.320. The van der Waals surface area contributed by atoms with Gasteiger partial charge in [0.25, 0.3) is 0 Å². The standard InChI is InChI=1S/C10H13Cl2NO2/c1-14-10(15-2)9(13)6-3-4-7(11)8(12)5-6/h3-5,9-10H,13H2,1-2H3. The average molecular weight is 250 g/mol. The minimum Gasteiger partial charge on any atom is -0.354 e. The van der Waals surface area contributed by atoms with E-state index < -0.39 is 12.3 Å². The van der Waals surface area contributed by atoms with Crippen molar-refractivity contribution < 1.29 is 9.47 Å². The van der Waals surface area contributed by atoms with Crippen LogP contribution in [0.4, 0.5) is 0 Å². The minimum atomic E-state index is -0.498. The van der Waals surface area contributed by atoms with E-state index in [0.29, 0.717) is 10.0 Å². The summed E-state index contributed by atoms with van der Waals surface area (Å²) in [5.41, 5.74) is 6.75. The van der Waals surface area contributed by atoms with Crippen LogP contribution in [0.1, 0.15) is 11.6 Å². The van der Waals surface area contributed by atoms with Crippen molar-refractivity contribution in [2.75, 3.05) is 14.2 Å². The Kier molecular flexibility index (Phi) is 4.83. The third kappa shape index (κ3) is 3.06. The van der Waals surface area contributed by atoms with Gasteiger partial charge >= 0.3 is 0 Å². The normalized spacial score (nSPS) is 13.2. The van der Waals surface area contributed by atoms with E-state index in [1.54, 1.807) is 18.2 Å². The SMILES string of the molecule is COC(OC)C(N)c1ccc(Cl)c(Cl)c1. The topological polar surface area (TPSA) is 44.5 Å². The van der Waals surface area contributed by atoms with Gasteiger partial charge in [-0.2, -0.15) is 0 Å². The Balaban J connectivity index is 2.90. The number of benzene rings is 1. The van der Waals surface area contributed by atoms with Gasteiger partial charge in [-0.3, -0.25) is 0 Å². The minimum absolute atomic E-state index is 0.394. The number of hydrogen-bond acceptors (Lipinski definition) is 3. The van der Waals surface area contributed by atoms with E-state index in [9.17, 15) is 0 Å². The highest BCUT2D eigenvalue weighted by Crippen LogP contribution is 2.26. The predicted molar refractivity (Wildman–Crippen MR) is 61.2 cm³/mol. The molecule has 1 rings (SSSR count). The molecular weight excluding hydrogens is 237 g/mol. The monoisotopic (exact) mass is 249 g/mol. The lowest BCUT2D eigenvalue weighted by molar-refractivity contribution is -0.117. The zero-order valence-electron chi connectivity index (χ0n) is 8.54. The molecule has 0 aliphatic carbocycles.